The number of halogens is 1. The molecule has 3 rings (SSSR count). The van der Waals surface area contributed by atoms with Crippen LogP contribution in [0.15, 0.2) is 24.3 Å². The van der Waals surface area contributed by atoms with Crippen molar-refractivity contribution in [3.63, 3.8) is 0 Å². The molecular formula is C14H17FN2O. The summed E-state index contributed by atoms with van der Waals surface area (Å²) in [5, 5.41) is 0. The highest BCUT2D eigenvalue weighted by Gasteiger charge is 2.42. The molecule has 1 saturated heterocycles. The zero-order valence-corrected chi connectivity index (χ0v) is 10.2. The van der Waals surface area contributed by atoms with Gasteiger partial charge in [-0.05, 0) is 36.8 Å². The van der Waals surface area contributed by atoms with Gasteiger partial charge < -0.3 is 10.6 Å². The third-order valence-electron chi connectivity index (χ3n) is 4.30. The van der Waals surface area contributed by atoms with Gasteiger partial charge in [0.1, 0.15) is 5.82 Å². The van der Waals surface area contributed by atoms with Gasteiger partial charge in [0.2, 0.25) is 0 Å². The molecule has 0 aromatic heterocycles. The molecule has 2 aliphatic rings. The first-order valence-corrected chi connectivity index (χ1v) is 6.46. The molecule has 3 nitrogen and oxygen atoms in total. The third kappa shape index (κ3) is 1.81. The quantitative estimate of drug-likeness (QED) is 0.821. The van der Waals surface area contributed by atoms with E-state index in [4.69, 9.17) is 5.73 Å². The van der Waals surface area contributed by atoms with E-state index in [1.165, 1.54) is 6.07 Å². The lowest BCUT2D eigenvalue weighted by atomic mass is 9.98. The summed E-state index contributed by atoms with van der Waals surface area (Å²) in [4.78, 5) is 14.0. The van der Waals surface area contributed by atoms with Crippen LogP contribution in [0.1, 0.15) is 23.2 Å². The molecule has 96 valence electrons. The van der Waals surface area contributed by atoms with Gasteiger partial charge in [0, 0.05) is 19.1 Å². The summed E-state index contributed by atoms with van der Waals surface area (Å²) in [5.74, 6) is 0.273. The highest BCUT2D eigenvalue weighted by Crippen LogP contribution is 2.37. The van der Waals surface area contributed by atoms with Gasteiger partial charge in [-0.15, -0.1) is 0 Å². The van der Waals surface area contributed by atoms with Crippen molar-refractivity contribution in [1.29, 1.82) is 0 Å². The van der Waals surface area contributed by atoms with Crippen molar-refractivity contribution >= 4 is 5.91 Å². The second-order valence-electron chi connectivity index (χ2n) is 5.36. The zero-order valence-electron chi connectivity index (χ0n) is 10.2. The number of carbonyl (C=O) groups excluding carboxylic acids is 1. The summed E-state index contributed by atoms with van der Waals surface area (Å²) in [7, 11) is 0. The minimum atomic E-state index is -0.441. The number of carbonyl (C=O) groups is 1. The van der Waals surface area contributed by atoms with Crippen molar-refractivity contribution in [2.24, 2.45) is 17.6 Å². The van der Waals surface area contributed by atoms with Crippen molar-refractivity contribution in [2.45, 2.75) is 18.9 Å². The Kier molecular flexibility index (Phi) is 2.82. The van der Waals surface area contributed by atoms with Crippen molar-refractivity contribution in [1.82, 2.24) is 4.90 Å². The first kappa shape index (κ1) is 11.7. The Morgan fingerprint density at radius 3 is 2.78 bits per heavy atom. The van der Waals surface area contributed by atoms with Crippen LogP contribution >= 0.6 is 0 Å². The summed E-state index contributed by atoms with van der Waals surface area (Å²) in [6.07, 6.45) is 2.14. The highest BCUT2D eigenvalue weighted by atomic mass is 19.1. The molecule has 1 heterocycles. The fourth-order valence-corrected chi connectivity index (χ4v) is 3.28. The molecule has 3 atom stereocenters. The second-order valence-corrected chi connectivity index (χ2v) is 5.36. The van der Waals surface area contributed by atoms with Crippen molar-refractivity contribution in [3.8, 4) is 0 Å². The molecule has 2 fully saturated rings. The Bertz CT molecular complexity index is 477. The molecule has 18 heavy (non-hydrogen) atoms. The number of hydrogen-bond acceptors (Lipinski definition) is 2. The lowest BCUT2D eigenvalue weighted by Gasteiger charge is -2.19. The maximum atomic E-state index is 13.6. The summed E-state index contributed by atoms with van der Waals surface area (Å²) in [6.45, 7) is 1.41. The molecule has 1 saturated carbocycles. The normalized spacial score (nSPS) is 30.6. The van der Waals surface area contributed by atoms with E-state index in [1.807, 2.05) is 0 Å². The number of rotatable bonds is 1. The largest absolute Gasteiger partial charge is 0.338 e. The van der Waals surface area contributed by atoms with E-state index in [-0.39, 0.29) is 17.5 Å². The second kappa shape index (κ2) is 4.35. The summed E-state index contributed by atoms with van der Waals surface area (Å²) in [6, 6.07) is 6.37. The average Bonchev–Trinajstić information content (AvgIpc) is 2.92. The van der Waals surface area contributed by atoms with Crippen LogP contribution in [0.25, 0.3) is 0 Å². The highest BCUT2D eigenvalue weighted by molar-refractivity contribution is 5.94. The number of nitrogens with two attached hydrogens (primary N) is 1. The Morgan fingerprint density at radius 2 is 2.06 bits per heavy atom. The molecule has 1 amide bonds. The van der Waals surface area contributed by atoms with Gasteiger partial charge in [-0.3, -0.25) is 4.79 Å². The zero-order chi connectivity index (χ0) is 12.7. The van der Waals surface area contributed by atoms with Gasteiger partial charge >= 0.3 is 0 Å². The fourth-order valence-electron chi connectivity index (χ4n) is 3.28. The molecule has 1 aromatic rings. The number of hydrogen-bond donors (Lipinski definition) is 1. The maximum absolute atomic E-state index is 13.6. The van der Waals surface area contributed by atoms with Crippen LogP contribution in [0.2, 0.25) is 0 Å². The monoisotopic (exact) mass is 248 g/mol. The van der Waals surface area contributed by atoms with E-state index in [0.29, 0.717) is 18.4 Å². The SMILES string of the molecule is N[C@@H]1CC[C@H]2CN(C(=O)c3ccccc3F)C[C@H]21. The van der Waals surface area contributed by atoms with Crippen molar-refractivity contribution in [3.05, 3.63) is 35.6 Å². The van der Waals surface area contributed by atoms with Gasteiger partial charge in [0.25, 0.3) is 5.91 Å². The predicted molar refractivity (Wildman–Crippen MR) is 66.5 cm³/mol. The number of fused-ring (bicyclic) bond motifs is 1. The van der Waals surface area contributed by atoms with Gasteiger partial charge in [0.15, 0.2) is 0 Å². The van der Waals surface area contributed by atoms with Crippen molar-refractivity contribution in [2.75, 3.05) is 13.1 Å². The third-order valence-corrected chi connectivity index (χ3v) is 4.30. The van der Waals surface area contributed by atoms with Crippen LogP contribution < -0.4 is 5.73 Å². The van der Waals surface area contributed by atoms with Crippen LogP contribution in [-0.2, 0) is 0 Å². The molecule has 1 aromatic carbocycles. The predicted octanol–water partition coefficient (Wildman–Crippen LogP) is 1.64. The summed E-state index contributed by atoms with van der Waals surface area (Å²) in [5.41, 5.74) is 6.21. The smallest absolute Gasteiger partial charge is 0.256 e. The molecule has 0 bridgehead atoms. The first-order valence-electron chi connectivity index (χ1n) is 6.46. The van der Waals surface area contributed by atoms with E-state index in [9.17, 15) is 9.18 Å². The Morgan fingerprint density at radius 1 is 1.28 bits per heavy atom. The Labute approximate surface area is 106 Å². The fraction of sp³-hybridized carbons (Fsp3) is 0.500. The van der Waals surface area contributed by atoms with E-state index in [1.54, 1.807) is 23.1 Å². The number of amides is 1. The lowest BCUT2D eigenvalue weighted by molar-refractivity contribution is 0.0775. The molecule has 2 N–H and O–H groups in total. The van der Waals surface area contributed by atoms with E-state index < -0.39 is 5.82 Å². The minimum Gasteiger partial charge on any atom is -0.338 e. The van der Waals surface area contributed by atoms with Gasteiger partial charge in [-0.25, -0.2) is 4.39 Å². The molecule has 1 aliphatic heterocycles. The maximum Gasteiger partial charge on any atom is 0.256 e. The minimum absolute atomic E-state index is 0.172. The number of benzene rings is 1. The van der Waals surface area contributed by atoms with Gasteiger partial charge in [-0.2, -0.15) is 0 Å². The van der Waals surface area contributed by atoms with E-state index in [0.717, 1.165) is 19.4 Å². The molecule has 4 heteroatoms. The molecule has 0 unspecified atom stereocenters. The van der Waals surface area contributed by atoms with Crippen LogP contribution in [0.3, 0.4) is 0 Å². The van der Waals surface area contributed by atoms with Gasteiger partial charge in [0.05, 0.1) is 5.56 Å². The van der Waals surface area contributed by atoms with Crippen LogP contribution in [0, 0.1) is 17.7 Å². The molecule has 0 spiro atoms. The summed E-state index contributed by atoms with van der Waals surface area (Å²) < 4.78 is 13.6. The van der Waals surface area contributed by atoms with E-state index in [2.05, 4.69) is 0 Å². The van der Waals surface area contributed by atoms with Crippen LogP contribution in [0.4, 0.5) is 4.39 Å². The number of nitrogens with zero attached hydrogens (tertiary/aromatic N) is 1. The summed E-state index contributed by atoms with van der Waals surface area (Å²) >= 11 is 0. The Balaban J connectivity index is 1.78. The Hall–Kier alpha value is -1.42. The van der Waals surface area contributed by atoms with Crippen LogP contribution in [-0.4, -0.2) is 29.9 Å². The van der Waals surface area contributed by atoms with E-state index >= 15 is 0 Å². The number of likely N-dealkylation sites (tertiary alicyclic amines) is 1. The molecule has 0 radical (unpaired) electrons. The van der Waals surface area contributed by atoms with Crippen molar-refractivity contribution < 1.29 is 9.18 Å². The lowest BCUT2D eigenvalue weighted by Crippen LogP contribution is -2.33. The molecule has 1 aliphatic carbocycles. The first-order chi connectivity index (χ1) is 8.66. The standard InChI is InChI=1S/C14H17FN2O/c15-12-4-2-1-3-10(12)14(18)17-7-9-5-6-13(16)11(9)8-17/h1-4,9,11,13H,5-8,16H2/t9-,11+,13+/m0/s1. The molecular weight excluding hydrogens is 231 g/mol. The van der Waals surface area contributed by atoms with Crippen LogP contribution in [0.5, 0.6) is 0 Å². The van der Waals surface area contributed by atoms with Gasteiger partial charge in [-0.1, -0.05) is 12.1 Å². The topological polar surface area (TPSA) is 46.3 Å². The average molecular weight is 248 g/mol.